The molecule has 1 fully saturated rings. The Morgan fingerprint density at radius 1 is 1.03 bits per heavy atom. The lowest BCUT2D eigenvalue weighted by atomic mass is 9.84. The van der Waals surface area contributed by atoms with Gasteiger partial charge in [-0.1, -0.05) is 61.9 Å². The second kappa shape index (κ2) is 10.5. The van der Waals surface area contributed by atoms with Gasteiger partial charge in [0.25, 0.3) is 0 Å². The minimum atomic E-state index is -0.983. The Morgan fingerprint density at radius 2 is 1.66 bits per heavy atom. The van der Waals surface area contributed by atoms with Gasteiger partial charge in [-0.2, -0.15) is 0 Å². The number of aliphatic carboxylic acids is 1. The number of rotatable bonds is 8. The number of carboxylic acid groups (broad SMARTS) is 1. The van der Waals surface area contributed by atoms with Crippen molar-refractivity contribution in [2.45, 2.75) is 57.9 Å². The van der Waals surface area contributed by atoms with E-state index in [1.807, 2.05) is 24.3 Å². The minimum absolute atomic E-state index is 0.000133. The van der Waals surface area contributed by atoms with E-state index in [4.69, 9.17) is 4.74 Å². The van der Waals surface area contributed by atoms with Gasteiger partial charge >= 0.3 is 12.1 Å². The van der Waals surface area contributed by atoms with E-state index in [1.165, 1.54) is 11.1 Å². The molecule has 3 N–H and O–H groups in total. The lowest BCUT2D eigenvalue weighted by Gasteiger charge is -2.30. The van der Waals surface area contributed by atoms with Gasteiger partial charge in [-0.3, -0.25) is 9.59 Å². The number of nitrogens with one attached hydrogen (secondary N) is 2. The molecule has 2 aliphatic carbocycles. The summed E-state index contributed by atoms with van der Waals surface area (Å²) >= 11 is 0. The number of benzene rings is 2. The Labute approximate surface area is 206 Å². The number of ether oxygens (including phenoxy) is 1. The van der Waals surface area contributed by atoms with Gasteiger partial charge in [0, 0.05) is 24.4 Å². The highest BCUT2D eigenvalue weighted by Gasteiger charge is 2.34. The van der Waals surface area contributed by atoms with Crippen LogP contribution in [-0.2, 0) is 14.3 Å². The van der Waals surface area contributed by atoms with E-state index in [9.17, 15) is 19.5 Å². The van der Waals surface area contributed by atoms with E-state index in [0.29, 0.717) is 12.8 Å². The summed E-state index contributed by atoms with van der Waals surface area (Å²) in [5, 5.41) is 15.2. The summed E-state index contributed by atoms with van der Waals surface area (Å²) < 4.78 is 5.66. The molecule has 0 bridgehead atoms. The fourth-order valence-corrected chi connectivity index (χ4v) is 5.14. The SMILES string of the molecule is CCC(C)(CNC(=O)C1CCCC(NC(=O)OCC2c3ccccc3-c3ccccc32)C1)C(=O)O. The van der Waals surface area contributed by atoms with Gasteiger partial charge in [0.1, 0.15) is 6.61 Å². The van der Waals surface area contributed by atoms with Gasteiger partial charge in [0.05, 0.1) is 5.41 Å². The molecule has 3 atom stereocenters. The van der Waals surface area contributed by atoms with Crippen LogP contribution in [0.3, 0.4) is 0 Å². The zero-order valence-electron chi connectivity index (χ0n) is 20.4. The zero-order chi connectivity index (χ0) is 25.0. The van der Waals surface area contributed by atoms with Crippen molar-refractivity contribution < 1.29 is 24.2 Å². The van der Waals surface area contributed by atoms with E-state index in [-0.39, 0.29) is 36.9 Å². The lowest BCUT2D eigenvalue weighted by molar-refractivity contribution is -0.148. The van der Waals surface area contributed by atoms with E-state index in [0.717, 1.165) is 30.4 Å². The molecule has 0 aromatic heterocycles. The molecule has 186 valence electrons. The van der Waals surface area contributed by atoms with Crippen LogP contribution in [0, 0.1) is 11.3 Å². The average molecular weight is 479 g/mol. The van der Waals surface area contributed by atoms with Crippen molar-refractivity contribution in [3.8, 4) is 11.1 Å². The van der Waals surface area contributed by atoms with Gasteiger partial charge in [-0.15, -0.1) is 0 Å². The quantitative estimate of drug-likeness (QED) is 0.510. The summed E-state index contributed by atoms with van der Waals surface area (Å²) in [5.74, 6) is -1.32. The first-order valence-corrected chi connectivity index (χ1v) is 12.4. The molecule has 3 unspecified atom stereocenters. The molecule has 2 amide bonds. The van der Waals surface area contributed by atoms with Crippen LogP contribution in [0.4, 0.5) is 4.79 Å². The van der Waals surface area contributed by atoms with Gasteiger partial charge in [-0.25, -0.2) is 4.79 Å². The highest BCUT2D eigenvalue weighted by molar-refractivity contribution is 5.81. The molecule has 0 spiro atoms. The van der Waals surface area contributed by atoms with Crippen LogP contribution in [0.25, 0.3) is 11.1 Å². The Morgan fingerprint density at radius 3 is 2.26 bits per heavy atom. The number of carbonyl (C=O) groups excluding carboxylic acids is 2. The number of hydrogen-bond acceptors (Lipinski definition) is 4. The van der Waals surface area contributed by atoms with Crippen molar-refractivity contribution in [3.63, 3.8) is 0 Å². The van der Waals surface area contributed by atoms with Crippen molar-refractivity contribution in [3.05, 3.63) is 59.7 Å². The standard InChI is InChI=1S/C28H34N2O5/c1-3-28(2,26(32)33)17-29-25(31)18-9-8-10-19(15-18)30-27(34)35-16-24-22-13-6-4-11-20(22)21-12-5-7-14-23(21)24/h4-7,11-14,18-19,24H,3,8-10,15-17H2,1-2H3,(H,29,31)(H,30,34)(H,32,33). The number of amides is 2. The molecular formula is C28H34N2O5. The highest BCUT2D eigenvalue weighted by atomic mass is 16.5. The molecule has 1 saturated carbocycles. The summed E-state index contributed by atoms with van der Waals surface area (Å²) in [7, 11) is 0. The van der Waals surface area contributed by atoms with Crippen LogP contribution in [0.15, 0.2) is 48.5 Å². The molecule has 2 aliphatic rings. The number of hydrogen-bond donors (Lipinski definition) is 3. The molecule has 0 radical (unpaired) electrons. The fraction of sp³-hybridized carbons (Fsp3) is 0.464. The van der Waals surface area contributed by atoms with Crippen molar-refractivity contribution in [2.24, 2.45) is 11.3 Å². The maximum Gasteiger partial charge on any atom is 0.407 e. The number of alkyl carbamates (subject to hydrolysis) is 1. The third-order valence-corrected chi connectivity index (χ3v) is 7.66. The third kappa shape index (κ3) is 5.34. The summed E-state index contributed by atoms with van der Waals surface area (Å²) in [4.78, 5) is 36.8. The molecule has 4 rings (SSSR count). The van der Waals surface area contributed by atoms with E-state index in [1.54, 1.807) is 13.8 Å². The molecule has 2 aromatic carbocycles. The smallest absolute Gasteiger partial charge is 0.407 e. The topological polar surface area (TPSA) is 105 Å². The number of carbonyl (C=O) groups is 3. The first-order valence-electron chi connectivity index (χ1n) is 12.4. The summed E-state index contributed by atoms with van der Waals surface area (Å²) in [6.07, 6.45) is 2.81. The molecule has 2 aromatic rings. The Balaban J connectivity index is 1.30. The van der Waals surface area contributed by atoms with Crippen LogP contribution in [-0.4, -0.2) is 42.3 Å². The summed E-state index contributed by atoms with van der Waals surface area (Å²) in [6, 6.07) is 16.3. The molecule has 35 heavy (non-hydrogen) atoms. The van der Waals surface area contributed by atoms with Crippen LogP contribution in [0.1, 0.15) is 63.0 Å². The van der Waals surface area contributed by atoms with Crippen molar-refractivity contribution in [1.29, 1.82) is 0 Å². The van der Waals surface area contributed by atoms with Crippen molar-refractivity contribution in [2.75, 3.05) is 13.2 Å². The Hall–Kier alpha value is -3.35. The summed E-state index contributed by atoms with van der Waals surface area (Å²) in [6.45, 7) is 3.78. The first-order chi connectivity index (χ1) is 16.8. The maximum atomic E-state index is 12.7. The number of carboxylic acids is 1. The predicted molar refractivity (Wildman–Crippen MR) is 133 cm³/mol. The van der Waals surface area contributed by atoms with Crippen molar-refractivity contribution in [1.82, 2.24) is 10.6 Å². The van der Waals surface area contributed by atoms with E-state index < -0.39 is 17.5 Å². The Kier molecular flexibility index (Phi) is 7.43. The minimum Gasteiger partial charge on any atom is -0.481 e. The fourth-order valence-electron chi connectivity index (χ4n) is 5.14. The maximum absolute atomic E-state index is 12.7. The predicted octanol–water partition coefficient (Wildman–Crippen LogP) is 4.70. The van der Waals surface area contributed by atoms with Gasteiger partial charge < -0.3 is 20.5 Å². The molecule has 0 saturated heterocycles. The molecule has 7 heteroatoms. The van der Waals surface area contributed by atoms with Crippen LogP contribution in [0.2, 0.25) is 0 Å². The second-order valence-electron chi connectivity index (χ2n) is 9.97. The molecule has 0 aliphatic heterocycles. The lowest BCUT2D eigenvalue weighted by Crippen LogP contribution is -2.46. The molecule has 0 heterocycles. The highest BCUT2D eigenvalue weighted by Crippen LogP contribution is 2.44. The zero-order valence-corrected chi connectivity index (χ0v) is 20.4. The number of fused-ring (bicyclic) bond motifs is 3. The summed E-state index contributed by atoms with van der Waals surface area (Å²) in [5.41, 5.74) is 3.71. The largest absolute Gasteiger partial charge is 0.481 e. The third-order valence-electron chi connectivity index (χ3n) is 7.66. The average Bonchev–Trinajstić information content (AvgIpc) is 3.19. The first kappa shape index (κ1) is 24.8. The second-order valence-corrected chi connectivity index (χ2v) is 9.97. The normalized spacial score (nSPS) is 20.7. The molecule has 7 nitrogen and oxygen atoms in total. The molecular weight excluding hydrogens is 444 g/mol. The van der Waals surface area contributed by atoms with Gasteiger partial charge in [0.2, 0.25) is 5.91 Å². The van der Waals surface area contributed by atoms with Crippen molar-refractivity contribution >= 4 is 18.0 Å². The van der Waals surface area contributed by atoms with Gasteiger partial charge in [0.15, 0.2) is 0 Å². The van der Waals surface area contributed by atoms with E-state index in [2.05, 4.69) is 34.9 Å². The van der Waals surface area contributed by atoms with Crippen LogP contribution < -0.4 is 10.6 Å². The van der Waals surface area contributed by atoms with Crippen LogP contribution >= 0.6 is 0 Å². The Bertz CT molecular complexity index is 1050. The monoisotopic (exact) mass is 478 g/mol. The van der Waals surface area contributed by atoms with Crippen LogP contribution in [0.5, 0.6) is 0 Å². The van der Waals surface area contributed by atoms with E-state index >= 15 is 0 Å². The van der Waals surface area contributed by atoms with Gasteiger partial charge in [-0.05, 0) is 54.9 Å².